The normalized spacial score (nSPS) is 37.0. The second-order valence-corrected chi connectivity index (χ2v) is 14.6. The summed E-state index contributed by atoms with van der Waals surface area (Å²) in [6.07, 6.45) is 16.2. The highest BCUT2D eigenvalue weighted by atomic mass is 35.5. The molecule has 0 heterocycles. The molecule has 3 nitrogen and oxygen atoms in total. The van der Waals surface area contributed by atoms with E-state index in [0.717, 1.165) is 54.8 Å². The molecule has 0 bridgehead atoms. The number of hydrogen-bond acceptors (Lipinski definition) is 2. The number of allylic oxidation sites excluding steroid dienone is 1. The van der Waals surface area contributed by atoms with E-state index in [1.807, 2.05) is 12.1 Å². The zero-order chi connectivity index (χ0) is 27.1. The summed E-state index contributed by atoms with van der Waals surface area (Å²) in [5.74, 6) is 5.09. The number of halogens is 1. The molecule has 4 heteroatoms. The van der Waals surface area contributed by atoms with Crippen LogP contribution in [0.3, 0.4) is 0 Å². The second kappa shape index (κ2) is 11.2. The van der Waals surface area contributed by atoms with Gasteiger partial charge in [-0.15, -0.1) is 0 Å². The Morgan fingerprint density at radius 2 is 1.89 bits per heavy atom. The third-order valence-electron chi connectivity index (χ3n) is 11.6. The average molecular weight is 540 g/mol. The van der Waals surface area contributed by atoms with E-state index in [1.54, 1.807) is 17.7 Å². The van der Waals surface area contributed by atoms with Gasteiger partial charge in [0, 0.05) is 17.1 Å². The summed E-state index contributed by atoms with van der Waals surface area (Å²) in [5, 5.41) is 3.46. The number of carbonyl (C=O) groups is 1. The minimum absolute atomic E-state index is 0.0403. The van der Waals surface area contributed by atoms with Crippen LogP contribution in [-0.4, -0.2) is 12.2 Å². The summed E-state index contributed by atoms with van der Waals surface area (Å²) >= 11 is 6.06. The van der Waals surface area contributed by atoms with Gasteiger partial charge in [0.15, 0.2) is 0 Å². The van der Waals surface area contributed by atoms with Crippen molar-refractivity contribution in [3.63, 3.8) is 0 Å². The molecule has 1 aromatic carbocycles. The van der Waals surface area contributed by atoms with Crippen molar-refractivity contribution in [2.75, 3.05) is 5.32 Å². The smallest absolute Gasteiger partial charge is 0.411 e. The van der Waals surface area contributed by atoms with Crippen LogP contribution in [-0.2, 0) is 4.74 Å². The molecule has 0 unspecified atom stereocenters. The number of benzene rings is 1. The van der Waals surface area contributed by atoms with Crippen molar-refractivity contribution in [1.29, 1.82) is 0 Å². The molecule has 5 rings (SSSR count). The van der Waals surface area contributed by atoms with Gasteiger partial charge in [-0.05, 0) is 109 Å². The van der Waals surface area contributed by atoms with E-state index >= 15 is 0 Å². The first-order chi connectivity index (χ1) is 18.1. The van der Waals surface area contributed by atoms with E-state index in [9.17, 15) is 4.79 Å². The topological polar surface area (TPSA) is 38.3 Å². The van der Waals surface area contributed by atoms with Crippen molar-refractivity contribution in [3.05, 3.63) is 40.9 Å². The van der Waals surface area contributed by atoms with Gasteiger partial charge in [-0.3, -0.25) is 5.32 Å². The Morgan fingerprint density at radius 3 is 2.66 bits per heavy atom. The average Bonchev–Trinajstić information content (AvgIpc) is 3.21. The third-order valence-corrected chi connectivity index (χ3v) is 11.8. The molecule has 38 heavy (non-hydrogen) atoms. The van der Waals surface area contributed by atoms with Gasteiger partial charge in [-0.25, -0.2) is 4.79 Å². The van der Waals surface area contributed by atoms with Gasteiger partial charge in [0.1, 0.15) is 6.10 Å². The fourth-order valence-corrected chi connectivity index (χ4v) is 9.81. The third kappa shape index (κ3) is 5.43. The number of hydrogen-bond donors (Lipinski definition) is 1. The minimum Gasteiger partial charge on any atom is -0.446 e. The Bertz CT molecular complexity index is 1040. The summed E-state index contributed by atoms with van der Waals surface area (Å²) in [7, 11) is 0. The van der Waals surface area contributed by atoms with Crippen LogP contribution in [0.25, 0.3) is 0 Å². The van der Waals surface area contributed by atoms with Gasteiger partial charge in [0.2, 0.25) is 0 Å². The lowest BCUT2D eigenvalue weighted by molar-refractivity contribution is -0.0577. The van der Waals surface area contributed by atoms with E-state index in [-0.39, 0.29) is 17.6 Å². The molecule has 8 atom stereocenters. The maximum atomic E-state index is 12.6. The van der Waals surface area contributed by atoms with Crippen LogP contribution in [0.4, 0.5) is 10.5 Å². The Balaban J connectivity index is 1.22. The molecule has 0 aliphatic heterocycles. The van der Waals surface area contributed by atoms with Gasteiger partial charge in [-0.1, -0.05) is 83.2 Å². The lowest BCUT2D eigenvalue weighted by Gasteiger charge is -2.58. The highest BCUT2D eigenvalue weighted by Gasteiger charge is 2.59. The molecular weight excluding hydrogens is 490 g/mol. The second-order valence-electron chi connectivity index (χ2n) is 14.2. The molecule has 1 amide bonds. The zero-order valence-corrected chi connectivity index (χ0v) is 25.2. The van der Waals surface area contributed by atoms with E-state index in [2.05, 4.69) is 46.0 Å². The van der Waals surface area contributed by atoms with Crippen molar-refractivity contribution in [2.24, 2.45) is 46.3 Å². The fourth-order valence-electron chi connectivity index (χ4n) is 9.62. The Morgan fingerprint density at radius 1 is 1.08 bits per heavy atom. The molecule has 1 N–H and O–H groups in total. The van der Waals surface area contributed by atoms with Gasteiger partial charge < -0.3 is 4.74 Å². The number of carbonyl (C=O) groups excluding carboxylic acids is 1. The minimum atomic E-state index is -0.372. The van der Waals surface area contributed by atoms with Crippen LogP contribution < -0.4 is 5.32 Å². The van der Waals surface area contributed by atoms with Crippen molar-refractivity contribution >= 4 is 23.4 Å². The highest BCUT2D eigenvalue weighted by molar-refractivity contribution is 6.30. The first kappa shape index (κ1) is 28.1. The number of nitrogens with one attached hydrogen (secondary N) is 1. The van der Waals surface area contributed by atoms with Crippen LogP contribution >= 0.6 is 11.6 Å². The summed E-state index contributed by atoms with van der Waals surface area (Å²) in [6.45, 7) is 12.5. The number of amides is 1. The molecule has 4 aliphatic rings. The highest BCUT2D eigenvalue weighted by Crippen LogP contribution is 2.67. The van der Waals surface area contributed by atoms with Crippen molar-refractivity contribution in [2.45, 2.75) is 111 Å². The van der Waals surface area contributed by atoms with Gasteiger partial charge >= 0.3 is 6.09 Å². The number of fused-ring (bicyclic) bond motifs is 5. The number of ether oxygens (including phenoxy) is 1. The lowest BCUT2D eigenvalue weighted by Crippen LogP contribution is -2.51. The zero-order valence-electron chi connectivity index (χ0n) is 24.4. The van der Waals surface area contributed by atoms with Crippen molar-refractivity contribution in [1.82, 2.24) is 0 Å². The Labute approximate surface area is 236 Å². The molecule has 1 aromatic rings. The van der Waals surface area contributed by atoms with Crippen LogP contribution in [0, 0.1) is 46.3 Å². The first-order valence-electron chi connectivity index (χ1n) is 15.5. The molecule has 210 valence electrons. The molecule has 0 spiro atoms. The molecule has 0 aromatic heterocycles. The summed E-state index contributed by atoms with van der Waals surface area (Å²) in [6, 6.07) is 7.23. The van der Waals surface area contributed by atoms with Crippen LogP contribution in [0.1, 0.15) is 105 Å². The lowest BCUT2D eigenvalue weighted by atomic mass is 9.47. The van der Waals surface area contributed by atoms with E-state index in [4.69, 9.17) is 16.3 Å². The molecule has 3 saturated carbocycles. The molecule has 3 fully saturated rings. The quantitative estimate of drug-likeness (QED) is 0.350. The van der Waals surface area contributed by atoms with E-state index in [0.29, 0.717) is 16.1 Å². The maximum Gasteiger partial charge on any atom is 0.411 e. The number of rotatable bonds is 7. The predicted octanol–water partition coefficient (Wildman–Crippen LogP) is 10.3. The molecular formula is C34H50ClNO2. The maximum absolute atomic E-state index is 12.6. The summed E-state index contributed by atoms with van der Waals surface area (Å²) in [5.41, 5.74) is 3.04. The SMILES string of the molecule is CC(C)CCC[C@H](C)[C@@H]1CC[C@@H]2[C@H]3CC=C4C[C@@H](OC(=O)Nc5cccc(Cl)c5)CC[C@]4(C)[C@@H]3CC[C@]21C. The first-order valence-corrected chi connectivity index (χ1v) is 15.9. The van der Waals surface area contributed by atoms with Crippen LogP contribution in [0.2, 0.25) is 5.02 Å². The standard InChI is InChI=1S/C34H50ClNO2/c1-22(2)8-6-9-23(3)29-14-15-30-28-13-12-24-20-27(38-32(37)36-26-11-7-10-25(35)21-26)16-18-33(24,4)31(28)17-19-34(29,30)5/h7,10-12,21-23,27-31H,6,8-9,13-20H2,1-5H3,(H,36,37)/t23-,27-,28+,29-,30+,31+,33-,34-/m0/s1. The van der Waals surface area contributed by atoms with Gasteiger partial charge in [0.25, 0.3) is 0 Å². The fraction of sp³-hybridized carbons (Fsp3) is 0.735. The van der Waals surface area contributed by atoms with Gasteiger partial charge in [-0.2, -0.15) is 0 Å². The van der Waals surface area contributed by atoms with Gasteiger partial charge in [0.05, 0.1) is 0 Å². The Hall–Kier alpha value is -1.48. The summed E-state index contributed by atoms with van der Waals surface area (Å²) in [4.78, 5) is 12.6. The number of anilines is 1. The van der Waals surface area contributed by atoms with E-state index in [1.165, 1.54) is 51.4 Å². The molecule has 0 radical (unpaired) electrons. The van der Waals surface area contributed by atoms with Crippen molar-refractivity contribution in [3.8, 4) is 0 Å². The summed E-state index contributed by atoms with van der Waals surface area (Å²) < 4.78 is 5.90. The van der Waals surface area contributed by atoms with E-state index < -0.39 is 0 Å². The van der Waals surface area contributed by atoms with Crippen molar-refractivity contribution < 1.29 is 9.53 Å². The monoisotopic (exact) mass is 539 g/mol. The van der Waals surface area contributed by atoms with Crippen LogP contribution in [0.5, 0.6) is 0 Å². The van der Waals surface area contributed by atoms with Crippen LogP contribution in [0.15, 0.2) is 35.9 Å². The molecule has 0 saturated heterocycles. The largest absolute Gasteiger partial charge is 0.446 e. The molecule has 4 aliphatic carbocycles. The Kier molecular flexibility index (Phi) is 8.26. The predicted molar refractivity (Wildman–Crippen MR) is 158 cm³/mol.